The zero-order valence-corrected chi connectivity index (χ0v) is 9.70. The molecular weight excluding hydrogens is 237 g/mol. The number of aromatic amines is 1. The minimum Gasteiger partial charge on any atom is -0.507 e. The molecule has 5 nitrogen and oxygen atoms in total. The van der Waals surface area contributed by atoms with Gasteiger partial charge in [-0.25, -0.2) is 4.39 Å². The normalized spacial score (nSPS) is 10.3. The van der Waals surface area contributed by atoms with Gasteiger partial charge in [-0.15, -0.1) is 0 Å². The second-order valence-electron chi connectivity index (χ2n) is 3.75. The van der Waals surface area contributed by atoms with Crippen molar-refractivity contribution in [3.63, 3.8) is 0 Å². The zero-order chi connectivity index (χ0) is 13.1. The number of aromatic nitrogens is 2. The number of carbonyl (C=O) groups is 1. The first-order valence-corrected chi connectivity index (χ1v) is 5.44. The minimum atomic E-state index is -0.610. The predicted molar refractivity (Wildman–Crippen MR) is 64.0 cm³/mol. The molecule has 0 radical (unpaired) electrons. The quantitative estimate of drug-likeness (QED) is 0.779. The van der Waals surface area contributed by atoms with E-state index in [0.29, 0.717) is 5.82 Å². The zero-order valence-electron chi connectivity index (χ0n) is 9.70. The van der Waals surface area contributed by atoms with Crippen molar-refractivity contribution in [1.82, 2.24) is 10.2 Å². The molecule has 1 aromatic carbocycles. The van der Waals surface area contributed by atoms with Crippen LogP contribution in [0, 0.1) is 5.82 Å². The Hall–Kier alpha value is -2.37. The van der Waals surface area contributed by atoms with Gasteiger partial charge in [0.25, 0.3) is 5.91 Å². The Balaban J connectivity index is 2.19. The van der Waals surface area contributed by atoms with E-state index in [0.717, 1.165) is 30.3 Å². The second kappa shape index (κ2) is 4.87. The molecule has 0 atom stereocenters. The number of hydrogen-bond donors (Lipinski definition) is 3. The number of rotatable bonds is 3. The molecule has 0 aliphatic heterocycles. The van der Waals surface area contributed by atoms with Crippen molar-refractivity contribution < 1.29 is 14.3 Å². The summed E-state index contributed by atoms with van der Waals surface area (Å²) in [6.45, 7) is 1.94. The lowest BCUT2D eigenvalue weighted by Crippen LogP contribution is -2.12. The average Bonchev–Trinajstić information content (AvgIpc) is 2.80. The van der Waals surface area contributed by atoms with Crippen LogP contribution in [-0.4, -0.2) is 21.2 Å². The Bertz CT molecular complexity index is 580. The number of halogens is 1. The second-order valence-corrected chi connectivity index (χ2v) is 3.75. The van der Waals surface area contributed by atoms with Crippen molar-refractivity contribution in [2.45, 2.75) is 13.3 Å². The molecule has 0 saturated carbocycles. The predicted octanol–water partition coefficient (Wildman–Crippen LogP) is 2.07. The number of phenols is 1. The number of anilines is 1. The SMILES string of the molecule is CCc1cc(NC(=O)c2cc(F)ccc2O)n[nH]1. The molecule has 94 valence electrons. The van der Waals surface area contributed by atoms with Crippen molar-refractivity contribution in [3.8, 4) is 5.75 Å². The summed E-state index contributed by atoms with van der Waals surface area (Å²) in [6, 6.07) is 4.86. The van der Waals surface area contributed by atoms with E-state index in [4.69, 9.17) is 0 Å². The number of amides is 1. The van der Waals surface area contributed by atoms with Crippen molar-refractivity contribution in [1.29, 1.82) is 0 Å². The van der Waals surface area contributed by atoms with Crippen molar-refractivity contribution in [2.75, 3.05) is 5.32 Å². The van der Waals surface area contributed by atoms with Crippen LogP contribution in [0.5, 0.6) is 5.75 Å². The summed E-state index contributed by atoms with van der Waals surface area (Å²) in [5.74, 6) is -1.14. The Morgan fingerprint density at radius 3 is 2.94 bits per heavy atom. The van der Waals surface area contributed by atoms with Gasteiger partial charge in [0.2, 0.25) is 0 Å². The summed E-state index contributed by atoms with van der Waals surface area (Å²) >= 11 is 0. The molecule has 1 heterocycles. The van der Waals surface area contributed by atoms with Crippen LogP contribution in [-0.2, 0) is 6.42 Å². The maximum atomic E-state index is 13.0. The summed E-state index contributed by atoms with van der Waals surface area (Å²) in [4.78, 5) is 11.8. The van der Waals surface area contributed by atoms with E-state index in [9.17, 15) is 14.3 Å². The van der Waals surface area contributed by atoms with Crippen molar-refractivity contribution in [2.24, 2.45) is 0 Å². The molecule has 1 aromatic heterocycles. The summed E-state index contributed by atoms with van der Waals surface area (Å²) in [5.41, 5.74) is 0.741. The first-order chi connectivity index (χ1) is 8.60. The third kappa shape index (κ3) is 2.48. The topological polar surface area (TPSA) is 78.0 Å². The van der Waals surface area contributed by atoms with E-state index in [1.807, 2.05) is 6.92 Å². The van der Waals surface area contributed by atoms with E-state index < -0.39 is 11.7 Å². The fourth-order valence-corrected chi connectivity index (χ4v) is 1.48. The Morgan fingerprint density at radius 2 is 2.28 bits per heavy atom. The van der Waals surface area contributed by atoms with E-state index in [2.05, 4.69) is 15.5 Å². The number of H-pyrrole nitrogens is 1. The molecular formula is C12H12FN3O2. The maximum absolute atomic E-state index is 13.0. The standard InChI is InChI=1S/C12H12FN3O2/c1-2-8-6-11(16-15-8)14-12(18)9-5-7(13)3-4-10(9)17/h3-6,17H,2H2,1H3,(H2,14,15,16,18). The molecule has 0 fully saturated rings. The number of benzene rings is 1. The Kier molecular flexibility index (Phi) is 3.27. The maximum Gasteiger partial charge on any atom is 0.260 e. The van der Waals surface area contributed by atoms with E-state index >= 15 is 0 Å². The van der Waals surface area contributed by atoms with Crippen LogP contribution in [0.4, 0.5) is 10.2 Å². The number of hydrogen-bond acceptors (Lipinski definition) is 3. The fourth-order valence-electron chi connectivity index (χ4n) is 1.48. The molecule has 3 N–H and O–H groups in total. The molecule has 6 heteroatoms. The van der Waals surface area contributed by atoms with E-state index in [1.54, 1.807) is 6.07 Å². The Morgan fingerprint density at radius 1 is 1.50 bits per heavy atom. The van der Waals surface area contributed by atoms with Gasteiger partial charge in [0.05, 0.1) is 5.56 Å². The third-order valence-corrected chi connectivity index (χ3v) is 2.46. The highest BCUT2D eigenvalue weighted by Gasteiger charge is 2.13. The molecule has 1 amide bonds. The molecule has 0 saturated heterocycles. The molecule has 0 aliphatic carbocycles. The lowest BCUT2D eigenvalue weighted by Gasteiger charge is -2.04. The molecule has 2 rings (SSSR count). The van der Waals surface area contributed by atoms with Crippen LogP contribution in [0.1, 0.15) is 23.0 Å². The summed E-state index contributed by atoms with van der Waals surface area (Å²) in [5, 5.41) is 18.6. The lowest BCUT2D eigenvalue weighted by molar-refractivity contribution is 0.102. The van der Waals surface area contributed by atoms with Gasteiger partial charge in [0.1, 0.15) is 11.6 Å². The molecule has 0 bridgehead atoms. The minimum absolute atomic E-state index is 0.129. The number of nitrogens with zero attached hydrogens (tertiary/aromatic N) is 1. The number of nitrogens with one attached hydrogen (secondary N) is 2. The highest BCUT2D eigenvalue weighted by molar-refractivity contribution is 6.05. The number of aryl methyl sites for hydroxylation is 1. The average molecular weight is 249 g/mol. The van der Waals surface area contributed by atoms with Crippen molar-refractivity contribution >= 4 is 11.7 Å². The Labute approximate surface area is 103 Å². The van der Waals surface area contributed by atoms with Crippen LogP contribution in [0.3, 0.4) is 0 Å². The lowest BCUT2D eigenvalue weighted by atomic mass is 10.2. The van der Waals surface area contributed by atoms with Crippen molar-refractivity contribution in [3.05, 3.63) is 41.3 Å². The third-order valence-electron chi connectivity index (χ3n) is 2.46. The van der Waals surface area contributed by atoms with Crippen LogP contribution in [0.2, 0.25) is 0 Å². The summed E-state index contributed by atoms with van der Waals surface area (Å²) in [6.07, 6.45) is 0.758. The highest BCUT2D eigenvalue weighted by atomic mass is 19.1. The van der Waals surface area contributed by atoms with Crippen LogP contribution < -0.4 is 5.32 Å². The first-order valence-electron chi connectivity index (χ1n) is 5.44. The van der Waals surface area contributed by atoms with Gasteiger partial charge in [0, 0.05) is 11.8 Å². The fraction of sp³-hybridized carbons (Fsp3) is 0.167. The smallest absolute Gasteiger partial charge is 0.260 e. The summed E-state index contributed by atoms with van der Waals surface area (Å²) in [7, 11) is 0. The molecule has 18 heavy (non-hydrogen) atoms. The van der Waals surface area contributed by atoms with Crippen LogP contribution >= 0.6 is 0 Å². The largest absolute Gasteiger partial charge is 0.507 e. The first kappa shape index (κ1) is 12.1. The van der Waals surface area contributed by atoms with Crippen LogP contribution in [0.15, 0.2) is 24.3 Å². The number of aromatic hydroxyl groups is 1. The molecule has 2 aromatic rings. The van der Waals surface area contributed by atoms with Crippen LogP contribution in [0.25, 0.3) is 0 Å². The highest BCUT2D eigenvalue weighted by Crippen LogP contribution is 2.19. The molecule has 0 spiro atoms. The van der Waals surface area contributed by atoms with Gasteiger partial charge >= 0.3 is 0 Å². The molecule has 0 unspecified atom stereocenters. The number of phenolic OH excluding ortho intramolecular Hbond substituents is 1. The van der Waals surface area contributed by atoms with Gasteiger partial charge in [-0.2, -0.15) is 5.10 Å². The van der Waals surface area contributed by atoms with E-state index in [1.165, 1.54) is 0 Å². The summed E-state index contributed by atoms with van der Waals surface area (Å²) < 4.78 is 13.0. The number of carbonyl (C=O) groups excluding carboxylic acids is 1. The van der Waals surface area contributed by atoms with Gasteiger partial charge < -0.3 is 10.4 Å². The van der Waals surface area contributed by atoms with Gasteiger partial charge in [-0.1, -0.05) is 6.92 Å². The van der Waals surface area contributed by atoms with Gasteiger partial charge in [-0.3, -0.25) is 9.89 Å². The molecule has 0 aliphatic rings. The van der Waals surface area contributed by atoms with E-state index in [-0.39, 0.29) is 11.3 Å². The van der Waals surface area contributed by atoms with Gasteiger partial charge in [0.15, 0.2) is 5.82 Å². The monoisotopic (exact) mass is 249 g/mol. The van der Waals surface area contributed by atoms with Gasteiger partial charge in [-0.05, 0) is 24.6 Å².